The molecule has 1 aromatic rings. The van der Waals surface area contributed by atoms with Crippen LogP contribution in [-0.4, -0.2) is 22.7 Å². The van der Waals surface area contributed by atoms with E-state index >= 15 is 0 Å². The lowest BCUT2D eigenvalue weighted by atomic mass is 9.88. The van der Waals surface area contributed by atoms with E-state index in [1.165, 1.54) is 0 Å². The molecule has 2 unspecified atom stereocenters. The lowest BCUT2D eigenvalue weighted by molar-refractivity contribution is 0.190. The molecule has 96 valence electrons. The van der Waals surface area contributed by atoms with E-state index in [2.05, 4.69) is 38.0 Å². The van der Waals surface area contributed by atoms with E-state index in [0.29, 0.717) is 0 Å². The van der Waals surface area contributed by atoms with E-state index in [0.717, 1.165) is 12.1 Å². The highest BCUT2D eigenvalue weighted by Gasteiger charge is 2.20. The first-order valence-electron chi connectivity index (χ1n) is 6.20. The van der Waals surface area contributed by atoms with Crippen LogP contribution >= 0.6 is 0 Å². The molecule has 2 N–H and O–H groups in total. The summed E-state index contributed by atoms with van der Waals surface area (Å²) in [5.41, 5.74) is 1.23. The van der Waals surface area contributed by atoms with Gasteiger partial charge in [0.2, 0.25) is 0 Å². The predicted molar refractivity (Wildman–Crippen MR) is 70.7 cm³/mol. The number of aliphatic hydroxyl groups is 1. The fourth-order valence-corrected chi connectivity index (χ4v) is 1.99. The van der Waals surface area contributed by atoms with E-state index in [1.54, 1.807) is 6.20 Å². The molecular formula is C14H24N2O. The molecule has 0 bridgehead atoms. The van der Waals surface area contributed by atoms with Gasteiger partial charge in [0, 0.05) is 18.3 Å². The normalized spacial score (nSPS) is 15.6. The first-order chi connectivity index (χ1) is 7.92. The Morgan fingerprint density at radius 1 is 1.35 bits per heavy atom. The summed E-state index contributed by atoms with van der Waals surface area (Å²) in [4.78, 5) is 4.32. The smallest absolute Gasteiger partial charge is 0.0585 e. The van der Waals surface area contributed by atoms with Crippen LogP contribution < -0.4 is 5.32 Å². The molecule has 0 aliphatic carbocycles. The molecule has 0 saturated carbocycles. The second-order valence-electron chi connectivity index (χ2n) is 5.79. The summed E-state index contributed by atoms with van der Waals surface area (Å²) < 4.78 is 0. The monoisotopic (exact) mass is 236 g/mol. The van der Waals surface area contributed by atoms with Gasteiger partial charge in [-0.05, 0) is 30.9 Å². The lowest BCUT2D eigenvalue weighted by Crippen LogP contribution is -2.37. The summed E-state index contributed by atoms with van der Waals surface area (Å²) in [5.74, 6) is 0. The summed E-state index contributed by atoms with van der Waals surface area (Å²) in [6.45, 7) is 8.79. The van der Waals surface area contributed by atoms with Crippen molar-refractivity contribution in [3.63, 3.8) is 0 Å². The zero-order valence-electron chi connectivity index (χ0n) is 11.3. The average Bonchev–Trinajstić information content (AvgIpc) is 2.27. The van der Waals surface area contributed by atoms with E-state index in [1.807, 2.05) is 18.2 Å². The highest BCUT2D eigenvalue weighted by Crippen LogP contribution is 2.22. The number of hydrogen-bond acceptors (Lipinski definition) is 3. The number of aromatic nitrogens is 1. The zero-order chi connectivity index (χ0) is 12.9. The number of hydrogen-bond donors (Lipinski definition) is 2. The summed E-state index contributed by atoms with van der Waals surface area (Å²) in [6, 6.07) is 6.18. The molecule has 3 nitrogen and oxygen atoms in total. The summed E-state index contributed by atoms with van der Waals surface area (Å²) in [6.07, 6.45) is 2.74. The van der Waals surface area contributed by atoms with E-state index in [-0.39, 0.29) is 24.1 Å². The first kappa shape index (κ1) is 14.1. The van der Waals surface area contributed by atoms with Gasteiger partial charge in [-0.25, -0.2) is 0 Å². The Kier molecular flexibility index (Phi) is 5.09. The molecule has 3 heteroatoms. The second kappa shape index (κ2) is 6.12. The van der Waals surface area contributed by atoms with Crippen LogP contribution in [-0.2, 0) is 0 Å². The topological polar surface area (TPSA) is 45.1 Å². The van der Waals surface area contributed by atoms with E-state index in [4.69, 9.17) is 0 Å². The fourth-order valence-electron chi connectivity index (χ4n) is 1.99. The third-order valence-electron chi connectivity index (χ3n) is 2.70. The number of aliphatic hydroxyl groups excluding tert-OH is 1. The Hall–Kier alpha value is -0.930. The molecule has 1 aromatic heterocycles. The highest BCUT2D eigenvalue weighted by atomic mass is 16.3. The number of nitrogens with one attached hydrogen (secondary N) is 1. The van der Waals surface area contributed by atoms with Crippen molar-refractivity contribution in [2.45, 2.75) is 46.2 Å². The van der Waals surface area contributed by atoms with Crippen molar-refractivity contribution in [3.05, 3.63) is 30.1 Å². The van der Waals surface area contributed by atoms with Crippen LogP contribution in [0.15, 0.2) is 24.4 Å². The van der Waals surface area contributed by atoms with Gasteiger partial charge in [-0.3, -0.25) is 4.98 Å². The standard InChI is InChI=1S/C14H24N2O/c1-11(13-7-5-6-8-15-13)16-12(10-17)9-14(2,3)4/h5-8,11-12,16-17H,9-10H2,1-4H3. The van der Waals surface area contributed by atoms with E-state index in [9.17, 15) is 5.11 Å². The Bertz CT molecular complexity index is 319. The van der Waals surface area contributed by atoms with Gasteiger partial charge in [-0.1, -0.05) is 26.8 Å². The molecule has 0 amide bonds. The SMILES string of the molecule is CC(NC(CO)CC(C)(C)C)c1ccccn1. The zero-order valence-corrected chi connectivity index (χ0v) is 11.3. The number of pyridine rings is 1. The Morgan fingerprint density at radius 3 is 2.53 bits per heavy atom. The summed E-state index contributed by atoms with van der Waals surface area (Å²) in [7, 11) is 0. The lowest BCUT2D eigenvalue weighted by Gasteiger charge is -2.28. The Balaban J connectivity index is 2.57. The van der Waals surface area contributed by atoms with Crippen LogP contribution in [0.2, 0.25) is 0 Å². The van der Waals surface area contributed by atoms with Gasteiger partial charge in [-0.2, -0.15) is 0 Å². The minimum Gasteiger partial charge on any atom is -0.395 e. The predicted octanol–water partition coefficient (Wildman–Crippen LogP) is 2.53. The average molecular weight is 236 g/mol. The molecule has 0 aromatic carbocycles. The molecule has 0 saturated heterocycles. The summed E-state index contributed by atoms with van der Waals surface area (Å²) in [5, 5.41) is 12.8. The molecule has 0 fully saturated rings. The van der Waals surface area contributed by atoms with Crippen LogP contribution in [0.5, 0.6) is 0 Å². The van der Waals surface area contributed by atoms with Crippen molar-refractivity contribution in [1.82, 2.24) is 10.3 Å². The van der Waals surface area contributed by atoms with Gasteiger partial charge < -0.3 is 10.4 Å². The molecule has 17 heavy (non-hydrogen) atoms. The van der Waals surface area contributed by atoms with Gasteiger partial charge in [0.1, 0.15) is 0 Å². The van der Waals surface area contributed by atoms with Crippen molar-refractivity contribution in [2.24, 2.45) is 5.41 Å². The largest absolute Gasteiger partial charge is 0.395 e. The number of rotatable bonds is 5. The minimum absolute atomic E-state index is 0.118. The van der Waals surface area contributed by atoms with Crippen LogP contribution in [0, 0.1) is 5.41 Å². The third kappa shape index (κ3) is 5.29. The van der Waals surface area contributed by atoms with Crippen molar-refractivity contribution in [3.8, 4) is 0 Å². The molecule has 2 atom stereocenters. The molecule has 0 aliphatic rings. The van der Waals surface area contributed by atoms with Crippen LogP contribution in [0.25, 0.3) is 0 Å². The maximum absolute atomic E-state index is 9.40. The van der Waals surface area contributed by atoms with Crippen molar-refractivity contribution >= 4 is 0 Å². The van der Waals surface area contributed by atoms with Crippen molar-refractivity contribution < 1.29 is 5.11 Å². The van der Waals surface area contributed by atoms with Crippen molar-refractivity contribution in [2.75, 3.05) is 6.61 Å². The van der Waals surface area contributed by atoms with Crippen LogP contribution in [0.4, 0.5) is 0 Å². The Morgan fingerprint density at radius 2 is 2.06 bits per heavy atom. The molecule has 0 spiro atoms. The van der Waals surface area contributed by atoms with Gasteiger partial charge in [0.15, 0.2) is 0 Å². The van der Waals surface area contributed by atoms with Gasteiger partial charge in [0.05, 0.1) is 12.3 Å². The highest BCUT2D eigenvalue weighted by molar-refractivity contribution is 5.07. The minimum atomic E-state index is 0.118. The molecule has 0 aliphatic heterocycles. The fraction of sp³-hybridized carbons (Fsp3) is 0.643. The molecule has 0 radical (unpaired) electrons. The third-order valence-corrected chi connectivity index (χ3v) is 2.70. The molecule has 1 heterocycles. The second-order valence-corrected chi connectivity index (χ2v) is 5.79. The number of nitrogens with zero attached hydrogens (tertiary/aromatic N) is 1. The maximum atomic E-state index is 9.40. The first-order valence-corrected chi connectivity index (χ1v) is 6.20. The summed E-state index contributed by atoms with van der Waals surface area (Å²) >= 11 is 0. The van der Waals surface area contributed by atoms with Crippen molar-refractivity contribution in [1.29, 1.82) is 0 Å². The Labute approximate surface area is 104 Å². The molecule has 1 rings (SSSR count). The van der Waals surface area contributed by atoms with E-state index < -0.39 is 0 Å². The van der Waals surface area contributed by atoms with Crippen LogP contribution in [0.3, 0.4) is 0 Å². The van der Waals surface area contributed by atoms with Gasteiger partial charge in [0.25, 0.3) is 0 Å². The molecular weight excluding hydrogens is 212 g/mol. The quantitative estimate of drug-likeness (QED) is 0.825. The maximum Gasteiger partial charge on any atom is 0.0585 e. The van der Waals surface area contributed by atoms with Gasteiger partial charge >= 0.3 is 0 Å². The van der Waals surface area contributed by atoms with Gasteiger partial charge in [-0.15, -0.1) is 0 Å². The van der Waals surface area contributed by atoms with Crippen LogP contribution in [0.1, 0.15) is 45.9 Å².